The van der Waals surface area contributed by atoms with E-state index >= 15 is 0 Å². The van der Waals surface area contributed by atoms with E-state index in [4.69, 9.17) is 0 Å². The van der Waals surface area contributed by atoms with Gasteiger partial charge in [-0.3, -0.25) is 0 Å². The number of likely N-dealkylation sites (tertiary alicyclic amines) is 1. The highest BCUT2D eigenvalue weighted by molar-refractivity contribution is 4.85. The number of hydrogen-bond donors (Lipinski definition) is 2. The maximum atomic E-state index is 9.41. The van der Waals surface area contributed by atoms with Crippen LogP contribution in [0.1, 0.15) is 53.4 Å². The molecule has 3 heteroatoms. The molecule has 1 aliphatic rings. The molecule has 1 fully saturated rings. The fraction of sp³-hybridized carbons (Fsp3) is 1.00. The lowest BCUT2D eigenvalue weighted by atomic mass is 9.74. The normalized spacial score (nSPS) is 22.3. The first-order valence-electron chi connectivity index (χ1n) is 7.64. The Labute approximate surface area is 113 Å². The van der Waals surface area contributed by atoms with Gasteiger partial charge in [0.05, 0.1) is 6.61 Å². The Kier molecular flexibility index (Phi) is 6.61. The fourth-order valence-electron chi connectivity index (χ4n) is 3.11. The van der Waals surface area contributed by atoms with Crippen molar-refractivity contribution < 1.29 is 5.11 Å². The SMILES string of the molecule is CCC1(CC)CCN(CC(CO)NC(C)C)CC1. The number of hydrogen-bond acceptors (Lipinski definition) is 3. The number of piperidine rings is 1. The molecule has 0 aromatic heterocycles. The van der Waals surface area contributed by atoms with Gasteiger partial charge in [-0.1, -0.05) is 40.5 Å². The van der Waals surface area contributed by atoms with E-state index in [1.807, 2.05) is 0 Å². The average molecular weight is 256 g/mol. The Bertz CT molecular complexity index is 217. The number of aliphatic hydroxyl groups excluding tert-OH is 1. The van der Waals surface area contributed by atoms with Crippen LogP contribution in [0.4, 0.5) is 0 Å². The first-order valence-corrected chi connectivity index (χ1v) is 7.64. The first kappa shape index (κ1) is 15.9. The van der Waals surface area contributed by atoms with Crippen LogP contribution in [-0.2, 0) is 0 Å². The van der Waals surface area contributed by atoms with Gasteiger partial charge in [0.1, 0.15) is 0 Å². The highest BCUT2D eigenvalue weighted by Crippen LogP contribution is 2.37. The lowest BCUT2D eigenvalue weighted by Gasteiger charge is -2.42. The molecule has 0 saturated carbocycles. The summed E-state index contributed by atoms with van der Waals surface area (Å²) in [5.41, 5.74) is 0.594. The van der Waals surface area contributed by atoms with Gasteiger partial charge in [-0.15, -0.1) is 0 Å². The predicted molar refractivity (Wildman–Crippen MR) is 77.8 cm³/mol. The topological polar surface area (TPSA) is 35.5 Å². The van der Waals surface area contributed by atoms with Crippen LogP contribution in [0.2, 0.25) is 0 Å². The van der Waals surface area contributed by atoms with E-state index in [0.717, 1.165) is 6.54 Å². The van der Waals surface area contributed by atoms with E-state index < -0.39 is 0 Å². The maximum absolute atomic E-state index is 9.41. The highest BCUT2D eigenvalue weighted by atomic mass is 16.3. The van der Waals surface area contributed by atoms with E-state index in [2.05, 4.69) is 37.9 Å². The summed E-state index contributed by atoms with van der Waals surface area (Å²) >= 11 is 0. The Morgan fingerprint density at radius 1 is 1.17 bits per heavy atom. The Morgan fingerprint density at radius 2 is 1.72 bits per heavy atom. The van der Waals surface area contributed by atoms with E-state index in [0.29, 0.717) is 11.5 Å². The van der Waals surface area contributed by atoms with Crippen LogP contribution in [0.15, 0.2) is 0 Å². The van der Waals surface area contributed by atoms with Gasteiger partial charge in [0.15, 0.2) is 0 Å². The van der Waals surface area contributed by atoms with Crippen molar-refractivity contribution in [3.05, 3.63) is 0 Å². The van der Waals surface area contributed by atoms with Crippen molar-refractivity contribution in [2.24, 2.45) is 5.41 Å². The molecule has 1 heterocycles. The van der Waals surface area contributed by atoms with Gasteiger partial charge in [-0.05, 0) is 31.3 Å². The van der Waals surface area contributed by atoms with Gasteiger partial charge in [0.25, 0.3) is 0 Å². The van der Waals surface area contributed by atoms with Crippen molar-refractivity contribution in [3.8, 4) is 0 Å². The van der Waals surface area contributed by atoms with Crippen molar-refractivity contribution in [1.82, 2.24) is 10.2 Å². The third kappa shape index (κ3) is 4.52. The van der Waals surface area contributed by atoms with Crippen molar-refractivity contribution in [3.63, 3.8) is 0 Å². The molecule has 1 unspecified atom stereocenters. The fourth-order valence-corrected chi connectivity index (χ4v) is 3.11. The molecule has 1 rings (SSSR count). The summed E-state index contributed by atoms with van der Waals surface area (Å²) in [4.78, 5) is 2.51. The summed E-state index contributed by atoms with van der Waals surface area (Å²) in [6.45, 7) is 12.5. The molecule has 1 aliphatic heterocycles. The largest absolute Gasteiger partial charge is 0.395 e. The zero-order valence-electron chi connectivity index (χ0n) is 12.7. The van der Waals surface area contributed by atoms with Crippen molar-refractivity contribution in [2.45, 2.75) is 65.5 Å². The van der Waals surface area contributed by atoms with Crippen LogP contribution in [0, 0.1) is 5.41 Å². The minimum atomic E-state index is 0.223. The Morgan fingerprint density at radius 3 is 2.11 bits per heavy atom. The van der Waals surface area contributed by atoms with Crippen molar-refractivity contribution in [2.75, 3.05) is 26.2 Å². The van der Waals surface area contributed by atoms with E-state index in [1.165, 1.54) is 38.8 Å². The lowest BCUT2D eigenvalue weighted by molar-refractivity contribution is 0.0795. The molecular weight excluding hydrogens is 224 g/mol. The van der Waals surface area contributed by atoms with Crippen LogP contribution >= 0.6 is 0 Å². The second-order valence-electron chi connectivity index (χ2n) is 6.21. The summed E-state index contributed by atoms with van der Waals surface area (Å²) in [6.07, 6.45) is 5.26. The molecule has 1 atom stereocenters. The first-order chi connectivity index (χ1) is 8.55. The van der Waals surface area contributed by atoms with Gasteiger partial charge >= 0.3 is 0 Å². The Hall–Kier alpha value is -0.120. The van der Waals surface area contributed by atoms with Crippen molar-refractivity contribution in [1.29, 1.82) is 0 Å². The second-order valence-corrected chi connectivity index (χ2v) is 6.21. The lowest BCUT2D eigenvalue weighted by Crippen LogP contribution is -2.49. The molecule has 0 spiro atoms. The molecule has 0 amide bonds. The summed E-state index contributed by atoms with van der Waals surface area (Å²) < 4.78 is 0. The van der Waals surface area contributed by atoms with Gasteiger partial charge in [0, 0.05) is 18.6 Å². The van der Waals surface area contributed by atoms with E-state index in [-0.39, 0.29) is 12.6 Å². The molecular formula is C15H32N2O. The van der Waals surface area contributed by atoms with Crippen molar-refractivity contribution >= 4 is 0 Å². The summed E-state index contributed by atoms with van der Waals surface area (Å²) in [5, 5.41) is 12.8. The molecule has 0 bridgehead atoms. The van der Waals surface area contributed by atoms with Gasteiger partial charge < -0.3 is 15.3 Å². The number of nitrogens with one attached hydrogen (secondary N) is 1. The molecule has 1 saturated heterocycles. The monoisotopic (exact) mass is 256 g/mol. The molecule has 108 valence electrons. The molecule has 0 aromatic carbocycles. The summed E-state index contributed by atoms with van der Waals surface area (Å²) in [7, 11) is 0. The number of nitrogens with zero attached hydrogens (tertiary/aromatic N) is 1. The average Bonchev–Trinajstić information content (AvgIpc) is 2.38. The van der Waals surface area contributed by atoms with Gasteiger partial charge in [-0.2, -0.15) is 0 Å². The molecule has 0 aliphatic carbocycles. The van der Waals surface area contributed by atoms with E-state index in [9.17, 15) is 5.11 Å². The van der Waals surface area contributed by atoms with Crippen LogP contribution in [0.5, 0.6) is 0 Å². The third-order valence-electron chi connectivity index (χ3n) is 4.68. The molecule has 2 N–H and O–H groups in total. The molecule has 0 radical (unpaired) electrons. The van der Waals surface area contributed by atoms with Crippen LogP contribution in [0.25, 0.3) is 0 Å². The summed E-state index contributed by atoms with van der Waals surface area (Å²) in [6, 6.07) is 0.665. The zero-order valence-corrected chi connectivity index (χ0v) is 12.7. The standard InChI is InChI=1S/C15H32N2O/c1-5-15(6-2)7-9-17(10-8-15)11-14(12-18)16-13(3)4/h13-14,16,18H,5-12H2,1-4H3. The molecule has 18 heavy (non-hydrogen) atoms. The molecule has 3 nitrogen and oxygen atoms in total. The summed E-state index contributed by atoms with van der Waals surface area (Å²) in [5.74, 6) is 0. The van der Waals surface area contributed by atoms with Gasteiger partial charge in [0.2, 0.25) is 0 Å². The number of rotatable bonds is 7. The van der Waals surface area contributed by atoms with Crippen LogP contribution in [-0.4, -0.2) is 48.3 Å². The van der Waals surface area contributed by atoms with Gasteiger partial charge in [-0.25, -0.2) is 0 Å². The third-order valence-corrected chi connectivity index (χ3v) is 4.68. The minimum Gasteiger partial charge on any atom is -0.395 e. The minimum absolute atomic E-state index is 0.223. The van der Waals surface area contributed by atoms with Crippen LogP contribution < -0.4 is 5.32 Å². The second kappa shape index (κ2) is 7.46. The van der Waals surface area contributed by atoms with E-state index in [1.54, 1.807) is 0 Å². The molecule has 0 aromatic rings. The maximum Gasteiger partial charge on any atom is 0.0597 e. The Balaban J connectivity index is 2.38. The predicted octanol–water partition coefficient (Wildman–Crippen LogP) is 2.25. The number of aliphatic hydroxyl groups is 1. The highest BCUT2D eigenvalue weighted by Gasteiger charge is 2.31. The van der Waals surface area contributed by atoms with Crippen LogP contribution in [0.3, 0.4) is 0 Å². The zero-order chi connectivity index (χ0) is 13.6. The quantitative estimate of drug-likeness (QED) is 0.733. The smallest absolute Gasteiger partial charge is 0.0597 e.